The highest BCUT2D eigenvalue weighted by atomic mass is 32.2. The molecule has 0 saturated heterocycles. The van der Waals surface area contributed by atoms with Gasteiger partial charge in [0, 0.05) is 4.90 Å². The van der Waals surface area contributed by atoms with Crippen LogP contribution in [0.1, 0.15) is 5.56 Å². The molecule has 0 aliphatic heterocycles. The van der Waals surface area contributed by atoms with E-state index in [-0.39, 0.29) is 0 Å². The number of hydrogen-bond acceptors (Lipinski definition) is 5. The van der Waals surface area contributed by atoms with Crippen molar-refractivity contribution in [3.63, 3.8) is 0 Å². The third kappa shape index (κ3) is 2.51. The Kier molecular flexibility index (Phi) is 2.90. The maximum absolute atomic E-state index is 8.63. The van der Waals surface area contributed by atoms with Crippen LogP contribution >= 0.6 is 11.8 Å². The fraction of sp³-hybridized carbons (Fsp3) is 0. The Morgan fingerprint density at radius 1 is 1.07 bits per heavy atom. The molecule has 0 fully saturated rings. The molecule has 1 heterocycles. The van der Waals surface area contributed by atoms with Gasteiger partial charge >= 0.3 is 0 Å². The Morgan fingerprint density at radius 3 is 2.33 bits per heavy atom. The lowest BCUT2D eigenvalue weighted by Gasteiger charge is -1.98. The standard InChI is InChI=1S/C10H6N4S/c11-5-8-1-3-9(4-2-8)15-10-13-6-12-7-14-10/h1-4,6-7H. The number of nitrogens with zero attached hydrogens (tertiary/aromatic N) is 4. The molecule has 0 amide bonds. The van der Waals surface area contributed by atoms with E-state index in [9.17, 15) is 0 Å². The van der Waals surface area contributed by atoms with Crippen LogP contribution in [0.15, 0.2) is 47.0 Å². The molecule has 1 aromatic heterocycles. The minimum absolute atomic E-state index is 0.648. The van der Waals surface area contributed by atoms with Crippen molar-refractivity contribution in [2.24, 2.45) is 0 Å². The summed E-state index contributed by atoms with van der Waals surface area (Å²) in [6.07, 6.45) is 2.91. The monoisotopic (exact) mass is 214 g/mol. The van der Waals surface area contributed by atoms with E-state index in [2.05, 4.69) is 21.0 Å². The van der Waals surface area contributed by atoms with Gasteiger partial charge in [0.25, 0.3) is 0 Å². The Balaban J connectivity index is 2.16. The first-order valence-electron chi connectivity index (χ1n) is 4.18. The van der Waals surface area contributed by atoms with E-state index < -0.39 is 0 Å². The molecule has 0 aliphatic carbocycles. The van der Waals surface area contributed by atoms with Crippen LogP contribution < -0.4 is 0 Å². The second-order valence-electron chi connectivity index (χ2n) is 2.66. The lowest BCUT2D eigenvalue weighted by atomic mass is 10.2. The summed E-state index contributed by atoms with van der Waals surface area (Å²) in [6, 6.07) is 9.34. The molecular weight excluding hydrogens is 208 g/mol. The second-order valence-corrected chi connectivity index (χ2v) is 3.70. The molecule has 0 spiro atoms. The molecule has 0 N–H and O–H groups in total. The fourth-order valence-electron chi connectivity index (χ4n) is 0.984. The van der Waals surface area contributed by atoms with E-state index in [0.29, 0.717) is 10.7 Å². The highest BCUT2D eigenvalue weighted by Gasteiger charge is 1.99. The van der Waals surface area contributed by atoms with Crippen molar-refractivity contribution >= 4 is 11.8 Å². The van der Waals surface area contributed by atoms with E-state index in [1.807, 2.05) is 12.1 Å². The zero-order valence-electron chi connectivity index (χ0n) is 7.66. The van der Waals surface area contributed by atoms with Crippen LogP contribution in [0, 0.1) is 11.3 Å². The van der Waals surface area contributed by atoms with Gasteiger partial charge in [0.15, 0.2) is 5.16 Å². The smallest absolute Gasteiger partial charge is 0.195 e. The summed E-state index contributed by atoms with van der Waals surface area (Å²) in [5, 5.41) is 9.28. The first kappa shape index (κ1) is 9.62. The second kappa shape index (κ2) is 4.53. The summed E-state index contributed by atoms with van der Waals surface area (Å²) in [7, 11) is 0. The fourth-order valence-corrected chi connectivity index (χ4v) is 1.67. The van der Waals surface area contributed by atoms with Gasteiger partial charge in [-0.2, -0.15) is 5.26 Å². The van der Waals surface area contributed by atoms with Gasteiger partial charge < -0.3 is 0 Å². The van der Waals surface area contributed by atoms with Crippen molar-refractivity contribution in [2.45, 2.75) is 10.1 Å². The summed E-state index contributed by atoms with van der Waals surface area (Å²) >= 11 is 1.44. The highest BCUT2D eigenvalue weighted by molar-refractivity contribution is 7.99. The molecule has 72 valence electrons. The Bertz CT molecular complexity index is 475. The molecule has 1 aromatic carbocycles. The summed E-state index contributed by atoms with van der Waals surface area (Å²) < 4.78 is 0. The normalized spacial score (nSPS) is 9.53. The molecule has 5 heteroatoms. The van der Waals surface area contributed by atoms with Crippen molar-refractivity contribution < 1.29 is 0 Å². The van der Waals surface area contributed by atoms with Crippen LogP contribution in [0.25, 0.3) is 0 Å². The van der Waals surface area contributed by atoms with Gasteiger partial charge in [0.05, 0.1) is 11.6 Å². The van der Waals surface area contributed by atoms with Gasteiger partial charge in [0.2, 0.25) is 0 Å². The minimum Gasteiger partial charge on any atom is -0.225 e. The van der Waals surface area contributed by atoms with Crippen molar-refractivity contribution in [1.82, 2.24) is 15.0 Å². The zero-order chi connectivity index (χ0) is 10.5. The number of nitriles is 1. The Labute approximate surface area is 91.0 Å². The lowest BCUT2D eigenvalue weighted by Crippen LogP contribution is -1.85. The van der Waals surface area contributed by atoms with Crippen LogP contribution in [0.5, 0.6) is 0 Å². The molecule has 0 bridgehead atoms. The van der Waals surface area contributed by atoms with Crippen LogP contribution in [0.3, 0.4) is 0 Å². The number of aromatic nitrogens is 3. The van der Waals surface area contributed by atoms with E-state index in [0.717, 1.165) is 4.90 Å². The van der Waals surface area contributed by atoms with Crippen molar-refractivity contribution in [2.75, 3.05) is 0 Å². The van der Waals surface area contributed by atoms with Crippen LogP contribution in [0.4, 0.5) is 0 Å². The van der Waals surface area contributed by atoms with Gasteiger partial charge in [0.1, 0.15) is 12.7 Å². The van der Waals surface area contributed by atoms with Gasteiger partial charge in [-0.05, 0) is 36.0 Å². The Morgan fingerprint density at radius 2 is 1.73 bits per heavy atom. The summed E-state index contributed by atoms with van der Waals surface area (Å²) in [6.45, 7) is 0. The maximum Gasteiger partial charge on any atom is 0.195 e. The average Bonchev–Trinajstić information content (AvgIpc) is 2.31. The first-order valence-corrected chi connectivity index (χ1v) is 5.00. The zero-order valence-corrected chi connectivity index (χ0v) is 8.48. The minimum atomic E-state index is 0.648. The molecule has 2 rings (SSSR count). The van der Waals surface area contributed by atoms with Crippen molar-refractivity contribution in [1.29, 1.82) is 5.26 Å². The summed E-state index contributed by atoms with van der Waals surface area (Å²) in [4.78, 5) is 12.7. The third-order valence-electron chi connectivity index (χ3n) is 1.66. The average molecular weight is 214 g/mol. The highest BCUT2D eigenvalue weighted by Crippen LogP contribution is 2.23. The molecule has 2 aromatic rings. The topological polar surface area (TPSA) is 62.5 Å². The molecule has 0 atom stereocenters. The van der Waals surface area contributed by atoms with Crippen LogP contribution in [0.2, 0.25) is 0 Å². The van der Waals surface area contributed by atoms with Gasteiger partial charge in [-0.15, -0.1) is 0 Å². The maximum atomic E-state index is 8.63. The van der Waals surface area contributed by atoms with Gasteiger partial charge in [-0.3, -0.25) is 0 Å². The summed E-state index contributed by atoms with van der Waals surface area (Å²) in [5.74, 6) is 0. The van der Waals surface area contributed by atoms with Crippen LogP contribution in [-0.4, -0.2) is 15.0 Å². The molecule has 0 saturated carbocycles. The van der Waals surface area contributed by atoms with E-state index in [1.54, 1.807) is 12.1 Å². The van der Waals surface area contributed by atoms with Gasteiger partial charge in [-0.25, -0.2) is 15.0 Å². The largest absolute Gasteiger partial charge is 0.225 e. The van der Waals surface area contributed by atoms with Crippen molar-refractivity contribution in [3.05, 3.63) is 42.5 Å². The molecule has 4 nitrogen and oxygen atoms in total. The van der Waals surface area contributed by atoms with Gasteiger partial charge in [-0.1, -0.05) is 0 Å². The van der Waals surface area contributed by atoms with Crippen molar-refractivity contribution in [3.8, 4) is 6.07 Å². The van der Waals surface area contributed by atoms with E-state index in [1.165, 1.54) is 24.4 Å². The predicted molar refractivity (Wildman–Crippen MR) is 55.1 cm³/mol. The quantitative estimate of drug-likeness (QED) is 0.764. The molecule has 15 heavy (non-hydrogen) atoms. The number of benzene rings is 1. The molecule has 0 aliphatic rings. The number of hydrogen-bond donors (Lipinski definition) is 0. The van der Waals surface area contributed by atoms with E-state index in [4.69, 9.17) is 5.26 Å². The van der Waals surface area contributed by atoms with Crippen LogP contribution in [-0.2, 0) is 0 Å². The number of rotatable bonds is 2. The third-order valence-corrected chi connectivity index (χ3v) is 2.56. The Hall–Kier alpha value is -1.93. The first-order chi connectivity index (χ1) is 7.38. The summed E-state index contributed by atoms with van der Waals surface area (Å²) in [5.41, 5.74) is 0.648. The lowest BCUT2D eigenvalue weighted by molar-refractivity contribution is 0.902. The molecule has 0 unspecified atom stereocenters. The molecular formula is C10H6N4S. The molecule has 0 radical (unpaired) electrons. The van der Waals surface area contributed by atoms with E-state index >= 15 is 0 Å². The predicted octanol–water partition coefficient (Wildman–Crippen LogP) is 1.89. The SMILES string of the molecule is N#Cc1ccc(Sc2ncncn2)cc1.